The van der Waals surface area contributed by atoms with E-state index >= 15 is 0 Å². The van der Waals surface area contributed by atoms with Crippen molar-refractivity contribution in [3.05, 3.63) is 29.6 Å². The van der Waals surface area contributed by atoms with Gasteiger partial charge in [-0.15, -0.1) is 12.4 Å². The predicted molar refractivity (Wildman–Crippen MR) is 120 cm³/mol. The molecule has 0 spiro atoms. The molecule has 3 atom stereocenters. The van der Waals surface area contributed by atoms with Crippen molar-refractivity contribution in [3.8, 4) is 0 Å². The number of nitrogens with two attached hydrogens (primary N) is 1. The van der Waals surface area contributed by atoms with Crippen LogP contribution in [0.2, 0.25) is 0 Å². The number of aromatic nitrogens is 2. The first kappa shape index (κ1) is 25.2. The smallest absolute Gasteiger partial charge is 0.271 e. The number of amides is 1. The van der Waals surface area contributed by atoms with Crippen LogP contribution in [0.4, 0.5) is 17.6 Å². The molecule has 188 valence electrons. The van der Waals surface area contributed by atoms with Gasteiger partial charge in [-0.25, -0.2) is 22.5 Å². The van der Waals surface area contributed by atoms with Crippen LogP contribution < -0.4 is 11.1 Å². The van der Waals surface area contributed by atoms with Gasteiger partial charge in [0, 0.05) is 25.7 Å². The minimum atomic E-state index is -2.82. The van der Waals surface area contributed by atoms with E-state index in [2.05, 4.69) is 15.3 Å². The molecule has 1 aliphatic heterocycles. The van der Waals surface area contributed by atoms with Gasteiger partial charge in [-0.3, -0.25) is 4.79 Å². The van der Waals surface area contributed by atoms with Gasteiger partial charge in [0.2, 0.25) is 11.8 Å². The number of carbonyl (C=O) groups is 1. The highest BCUT2D eigenvalue weighted by molar-refractivity contribution is 5.85. The van der Waals surface area contributed by atoms with Gasteiger partial charge in [-0.05, 0) is 48.8 Å². The minimum Gasteiger partial charge on any atom is -0.370 e. The number of H-pyrrole nitrogens is 1. The normalized spacial score (nSPS) is 25.7. The zero-order valence-corrected chi connectivity index (χ0v) is 19.4. The molecule has 2 heterocycles. The lowest BCUT2D eigenvalue weighted by molar-refractivity contribution is -0.149. The van der Waals surface area contributed by atoms with Crippen LogP contribution in [0.1, 0.15) is 68.4 Å². The van der Waals surface area contributed by atoms with Crippen LogP contribution in [0.5, 0.6) is 0 Å². The molecule has 1 unspecified atom stereocenters. The molecule has 0 bridgehead atoms. The predicted octanol–water partition coefficient (Wildman–Crippen LogP) is 4.80. The van der Waals surface area contributed by atoms with Crippen LogP contribution in [0, 0.1) is 11.8 Å². The maximum atomic E-state index is 13.4. The Labute approximate surface area is 200 Å². The van der Waals surface area contributed by atoms with Gasteiger partial charge in [0.05, 0.1) is 29.2 Å². The standard InChI is InChI=1S/C23H28F4N4O2.ClH/c24-22(25)6-5-17(33-11-22)19(28)21-29-15-4-3-14(8-16(15)30-21)20(13-1-2-13)31-18(32)7-12-9-23(26,27)10-12;/h3-4,8,12-13,17,19-20H,1-2,5-7,9-11,28H2,(H,29,30)(H,31,32);1H/t17-,19?,20+;/m0./s1. The fraction of sp³-hybridized carbons (Fsp3) is 0.652. The molecule has 3 fully saturated rings. The summed E-state index contributed by atoms with van der Waals surface area (Å²) in [5.74, 6) is -5.13. The quantitative estimate of drug-likeness (QED) is 0.472. The fourth-order valence-electron chi connectivity index (χ4n) is 4.92. The number of hydrogen-bond donors (Lipinski definition) is 3. The van der Waals surface area contributed by atoms with Crippen molar-refractivity contribution >= 4 is 29.3 Å². The first-order valence-electron chi connectivity index (χ1n) is 11.5. The maximum absolute atomic E-state index is 13.4. The highest BCUT2D eigenvalue weighted by atomic mass is 35.5. The number of aromatic amines is 1. The fourth-order valence-corrected chi connectivity index (χ4v) is 4.92. The molecule has 5 rings (SSSR count). The zero-order chi connectivity index (χ0) is 23.4. The SMILES string of the molecule is Cl.NC(c1nc2ccc([C@H](NC(=O)CC3CC(F)(F)C3)C3CC3)cc2[nH]1)[C@@H]1CCC(F)(F)CO1. The minimum absolute atomic E-state index is 0. The summed E-state index contributed by atoms with van der Waals surface area (Å²) in [6.45, 7) is -0.642. The lowest BCUT2D eigenvalue weighted by Crippen LogP contribution is -2.40. The Morgan fingerprint density at radius 3 is 2.56 bits per heavy atom. The Morgan fingerprint density at radius 2 is 1.94 bits per heavy atom. The summed E-state index contributed by atoms with van der Waals surface area (Å²) in [7, 11) is 0. The molecule has 2 aliphatic carbocycles. The van der Waals surface area contributed by atoms with Crippen molar-refractivity contribution < 1.29 is 27.1 Å². The molecule has 1 saturated heterocycles. The number of nitrogens with zero attached hydrogens (tertiary/aromatic N) is 1. The van der Waals surface area contributed by atoms with Crippen LogP contribution in [0.25, 0.3) is 11.0 Å². The summed E-state index contributed by atoms with van der Waals surface area (Å²) in [4.78, 5) is 20.2. The molecule has 11 heteroatoms. The third kappa shape index (κ3) is 5.49. The third-order valence-corrected chi connectivity index (χ3v) is 6.96. The third-order valence-electron chi connectivity index (χ3n) is 6.96. The van der Waals surface area contributed by atoms with E-state index in [0.29, 0.717) is 17.3 Å². The van der Waals surface area contributed by atoms with Crippen LogP contribution in [-0.4, -0.2) is 40.4 Å². The summed E-state index contributed by atoms with van der Waals surface area (Å²) in [5, 5.41) is 3.04. The molecule has 3 aliphatic rings. The summed E-state index contributed by atoms with van der Waals surface area (Å²) >= 11 is 0. The Kier molecular flexibility index (Phi) is 6.87. The molecule has 34 heavy (non-hydrogen) atoms. The Bertz CT molecular complexity index is 1030. The number of fused-ring (bicyclic) bond motifs is 1. The Hall–Kier alpha value is -1.91. The van der Waals surface area contributed by atoms with E-state index in [-0.39, 0.29) is 62.4 Å². The highest BCUT2D eigenvalue weighted by Crippen LogP contribution is 2.45. The molecule has 1 amide bonds. The van der Waals surface area contributed by atoms with Gasteiger partial charge in [0.25, 0.3) is 5.92 Å². The highest BCUT2D eigenvalue weighted by Gasteiger charge is 2.46. The Morgan fingerprint density at radius 1 is 1.21 bits per heavy atom. The Balaban J connectivity index is 0.00000274. The van der Waals surface area contributed by atoms with Crippen molar-refractivity contribution in [2.24, 2.45) is 17.6 Å². The van der Waals surface area contributed by atoms with Crippen molar-refractivity contribution in [1.29, 1.82) is 0 Å². The topological polar surface area (TPSA) is 93.0 Å². The summed E-state index contributed by atoms with van der Waals surface area (Å²) in [6.07, 6.45) is 1.00. The van der Waals surface area contributed by atoms with Crippen LogP contribution >= 0.6 is 12.4 Å². The molecular formula is C23H29ClF4N4O2. The van der Waals surface area contributed by atoms with E-state index in [0.717, 1.165) is 23.9 Å². The van der Waals surface area contributed by atoms with E-state index in [4.69, 9.17) is 10.5 Å². The maximum Gasteiger partial charge on any atom is 0.271 e. The van der Waals surface area contributed by atoms with Crippen molar-refractivity contribution in [2.45, 2.75) is 75.0 Å². The zero-order valence-electron chi connectivity index (χ0n) is 18.5. The molecule has 4 N–H and O–H groups in total. The lowest BCUT2D eigenvalue weighted by atomic mass is 9.79. The summed E-state index contributed by atoms with van der Waals surface area (Å²) < 4.78 is 58.2. The average molecular weight is 505 g/mol. The number of carbonyl (C=O) groups excluding carboxylic acids is 1. The summed E-state index contributed by atoms with van der Waals surface area (Å²) in [5.41, 5.74) is 8.58. The van der Waals surface area contributed by atoms with Crippen LogP contribution in [0.3, 0.4) is 0 Å². The number of hydrogen-bond acceptors (Lipinski definition) is 4. The van der Waals surface area contributed by atoms with E-state index in [1.165, 1.54) is 0 Å². The molecule has 2 aromatic rings. The number of rotatable bonds is 7. The van der Waals surface area contributed by atoms with Gasteiger partial charge in [-0.2, -0.15) is 0 Å². The first-order valence-corrected chi connectivity index (χ1v) is 11.5. The van der Waals surface area contributed by atoms with E-state index in [1.807, 2.05) is 18.2 Å². The van der Waals surface area contributed by atoms with Gasteiger partial charge in [0.1, 0.15) is 12.4 Å². The lowest BCUT2D eigenvalue weighted by Gasteiger charge is -2.34. The molecule has 2 saturated carbocycles. The first-order chi connectivity index (χ1) is 15.6. The van der Waals surface area contributed by atoms with Gasteiger partial charge in [-0.1, -0.05) is 6.07 Å². The van der Waals surface area contributed by atoms with E-state index in [1.54, 1.807) is 0 Å². The monoisotopic (exact) mass is 504 g/mol. The second-order valence-corrected chi connectivity index (χ2v) is 9.89. The van der Waals surface area contributed by atoms with Gasteiger partial charge in [0.15, 0.2) is 0 Å². The van der Waals surface area contributed by atoms with E-state index < -0.39 is 30.6 Å². The molecule has 1 aromatic carbocycles. The second-order valence-electron chi connectivity index (χ2n) is 9.89. The summed E-state index contributed by atoms with van der Waals surface area (Å²) in [6, 6.07) is 4.80. The number of alkyl halides is 4. The number of imidazole rings is 1. The van der Waals surface area contributed by atoms with E-state index in [9.17, 15) is 22.4 Å². The van der Waals surface area contributed by atoms with Crippen molar-refractivity contribution in [3.63, 3.8) is 0 Å². The number of nitrogens with one attached hydrogen (secondary N) is 2. The number of halogens is 5. The van der Waals surface area contributed by atoms with Gasteiger partial charge < -0.3 is 20.8 Å². The average Bonchev–Trinajstić information content (AvgIpc) is 3.48. The van der Waals surface area contributed by atoms with Crippen LogP contribution in [0.15, 0.2) is 18.2 Å². The molecule has 1 aromatic heterocycles. The molecule has 6 nitrogen and oxygen atoms in total. The van der Waals surface area contributed by atoms with Crippen LogP contribution in [-0.2, 0) is 9.53 Å². The van der Waals surface area contributed by atoms with Gasteiger partial charge >= 0.3 is 0 Å². The molecular weight excluding hydrogens is 476 g/mol. The number of benzene rings is 1. The van der Waals surface area contributed by atoms with Crippen molar-refractivity contribution in [2.75, 3.05) is 6.61 Å². The second kappa shape index (κ2) is 9.28. The molecule has 0 radical (unpaired) electrons. The number of ether oxygens (including phenoxy) is 1. The largest absolute Gasteiger partial charge is 0.370 e. The van der Waals surface area contributed by atoms with Crippen molar-refractivity contribution in [1.82, 2.24) is 15.3 Å².